The molecule has 0 unspecified atom stereocenters. The van der Waals surface area contributed by atoms with Crippen LogP contribution in [0.5, 0.6) is 11.5 Å². The molecule has 2 rings (SSSR count). The molecule has 0 aliphatic carbocycles. The fourth-order valence-corrected chi connectivity index (χ4v) is 2.49. The molecule has 0 saturated heterocycles. The highest BCUT2D eigenvalue weighted by Crippen LogP contribution is 2.34. The van der Waals surface area contributed by atoms with E-state index in [0.29, 0.717) is 23.7 Å². The molecule has 0 spiro atoms. The Hall–Kier alpha value is -1.83. The molecule has 0 radical (unpaired) electrons. The molecule has 0 aliphatic rings. The van der Waals surface area contributed by atoms with Crippen LogP contribution in [-0.2, 0) is 11.3 Å². The van der Waals surface area contributed by atoms with Crippen LogP contribution < -0.4 is 9.47 Å². The van der Waals surface area contributed by atoms with Crippen LogP contribution >= 0.6 is 22.6 Å². The minimum Gasteiger partial charge on any atom is -0.493 e. The largest absolute Gasteiger partial charge is 0.493 e. The maximum atomic E-state index is 11.6. The maximum absolute atomic E-state index is 11.6. The summed E-state index contributed by atoms with van der Waals surface area (Å²) in [5.41, 5.74) is 1.37. The van der Waals surface area contributed by atoms with Crippen molar-refractivity contribution >= 4 is 28.6 Å². The van der Waals surface area contributed by atoms with E-state index in [9.17, 15) is 4.79 Å². The van der Waals surface area contributed by atoms with Gasteiger partial charge in [0.1, 0.15) is 6.61 Å². The Morgan fingerprint density at radius 1 is 1.33 bits per heavy atom. The molecular formula is C15H14INO4. The molecule has 1 aromatic carbocycles. The van der Waals surface area contributed by atoms with Crippen molar-refractivity contribution in [3.63, 3.8) is 0 Å². The number of halogens is 1. The van der Waals surface area contributed by atoms with Crippen LogP contribution in [0.3, 0.4) is 0 Å². The predicted molar refractivity (Wildman–Crippen MR) is 85.6 cm³/mol. The normalized spacial score (nSPS) is 10.0. The summed E-state index contributed by atoms with van der Waals surface area (Å²) in [6, 6.07) is 7.08. The van der Waals surface area contributed by atoms with Gasteiger partial charge in [0, 0.05) is 18.0 Å². The zero-order valence-corrected chi connectivity index (χ0v) is 13.8. The third-order valence-electron chi connectivity index (χ3n) is 2.76. The minimum absolute atomic E-state index is 0.373. The van der Waals surface area contributed by atoms with Gasteiger partial charge in [0.25, 0.3) is 0 Å². The van der Waals surface area contributed by atoms with Gasteiger partial charge in [-0.3, -0.25) is 4.98 Å². The molecule has 0 N–H and O–H groups in total. The molecular weight excluding hydrogens is 385 g/mol. The van der Waals surface area contributed by atoms with Crippen LogP contribution in [0.25, 0.3) is 0 Å². The molecule has 110 valence electrons. The summed E-state index contributed by atoms with van der Waals surface area (Å²) >= 11 is 2.10. The molecule has 2 aromatic rings. The maximum Gasteiger partial charge on any atom is 0.338 e. The molecule has 1 heterocycles. The monoisotopic (exact) mass is 399 g/mol. The number of hydrogen-bond acceptors (Lipinski definition) is 5. The highest BCUT2D eigenvalue weighted by Gasteiger charge is 2.16. The Balaban J connectivity index is 2.24. The molecule has 0 saturated carbocycles. The summed E-state index contributed by atoms with van der Waals surface area (Å²) in [6.45, 7) is 0.373. The summed E-state index contributed by atoms with van der Waals surface area (Å²) in [5.74, 6) is 0.672. The van der Waals surface area contributed by atoms with Gasteiger partial charge < -0.3 is 14.2 Å². The average molecular weight is 399 g/mol. The topological polar surface area (TPSA) is 57.7 Å². The second-order valence-corrected chi connectivity index (χ2v) is 5.29. The quantitative estimate of drug-likeness (QED) is 0.572. The van der Waals surface area contributed by atoms with Crippen molar-refractivity contribution in [1.82, 2.24) is 4.98 Å². The standard InChI is InChI=1S/C15H14INO4/c1-19-13-7-11(15(18)20-2)6-12(16)14(13)21-9-10-4-3-5-17-8-10/h3-8H,9H2,1-2H3. The van der Waals surface area contributed by atoms with Crippen LogP contribution in [0.15, 0.2) is 36.7 Å². The summed E-state index contributed by atoms with van der Waals surface area (Å²) in [5, 5.41) is 0. The van der Waals surface area contributed by atoms with Gasteiger partial charge in [0.05, 0.1) is 23.4 Å². The van der Waals surface area contributed by atoms with Crippen molar-refractivity contribution in [3.05, 3.63) is 51.4 Å². The van der Waals surface area contributed by atoms with Crippen molar-refractivity contribution in [3.8, 4) is 11.5 Å². The van der Waals surface area contributed by atoms with Crippen LogP contribution in [0.1, 0.15) is 15.9 Å². The first-order valence-corrected chi connectivity index (χ1v) is 7.21. The molecule has 0 fully saturated rings. The number of ether oxygens (including phenoxy) is 3. The Morgan fingerprint density at radius 3 is 2.76 bits per heavy atom. The fraction of sp³-hybridized carbons (Fsp3) is 0.200. The number of carbonyl (C=O) groups excluding carboxylic acids is 1. The summed E-state index contributed by atoms with van der Waals surface area (Å²) < 4.78 is 16.6. The molecule has 0 atom stereocenters. The van der Waals surface area contributed by atoms with Gasteiger partial charge in [0.2, 0.25) is 0 Å². The number of methoxy groups -OCH3 is 2. The van der Waals surface area contributed by atoms with Crippen molar-refractivity contribution in [2.24, 2.45) is 0 Å². The molecule has 0 bridgehead atoms. The SMILES string of the molecule is COC(=O)c1cc(I)c(OCc2cccnc2)c(OC)c1. The van der Waals surface area contributed by atoms with E-state index in [1.807, 2.05) is 12.1 Å². The van der Waals surface area contributed by atoms with Gasteiger partial charge >= 0.3 is 5.97 Å². The molecule has 21 heavy (non-hydrogen) atoms. The van der Waals surface area contributed by atoms with Gasteiger partial charge in [-0.15, -0.1) is 0 Å². The first-order valence-electron chi connectivity index (χ1n) is 6.13. The van der Waals surface area contributed by atoms with E-state index < -0.39 is 5.97 Å². The van der Waals surface area contributed by atoms with Crippen molar-refractivity contribution in [2.45, 2.75) is 6.61 Å². The molecule has 1 aromatic heterocycles. The number of hydrogen-bond donors (Lipinski definition) is 0. The van der Waals surface area contributed by atoms with Crippen LogP contribution in [0, 0.1) is 3.57 Å². The smallest absolute Gasteiger partial charge is 0.338 e. The number of esters is 1. The van der Waals surface area contributed by atoms with Gasteiger partial charge in [0.15, 0.2) is 11.5 Å². The summed E-state index contributed by atoms with van der Waals surface area (Å²) in [6.07, 6.45) is 3.45. The van der Waals surface area contributed by atoms with E-state index in [1.54, 1.807) is 24.5 Å². The number of pyridine rings is 1. The lowest BCUT2D eigenvalue weighted by atomic mass is 10.2. The number of aromatic nitrogens is 1. The van der Waals surface area contributed by atoms with E-state index in [0.717, 1.165) is 9.13 Å². The highest BCUT2D eigenvalue weighted by molar-refractivity contribution is 14.1. The van der Waals surface area contributed by atoms with Gasteiger partial charge in [-0.1, -0.05) is 6.07 Å². The zero-order valence-electron chi connectivity index (χ0n) is 11.6. The molecule has 6 heteroatoms. The highest BCUT2D eigenvalue weighted by atomic mass is 127. The Labute approximate surface area is 136 Å². The third-order valence-corrected chi connectivity index (χ3v) is 3.56. The van der Waals surface area contributed by atoms with Gasteiger partial charge in [-0.25, -0.2) is 4.79 Å². The summed E-state index contributed by atoms with van der Waals surface area (Å²) in [4.78, 5) is 15.6. The van der Waals surface area contributed by atoms with E-state index in [1.165, 1.54) is 14.2 Å². The first-order chi connectivity index (χ1) is 10.2. The summed E-state index contributed by atoms with van der Waals surface area (Å²) in [7, 11) is 2.87. The Bertz CT molecular complexity index is 631. The second kappa shape index (κ2) is 7.26. The molecule has 0 amide bonds. The van der Waals surface area contributed by atoms with Gasteiger partial charge in [-0.2, -0.15) is 0 Å². The van der Waals surface area contributed by atoms with Crippen LogP contribution in [0.2, 0.25) is 0 Å². The predicted octanol–water partition coefficient (Wildman–Crippen LogP) is 3.06. The zero-order chi connectivity index (χ0) is 15.2. The van der Waals surface area contributed by atoms with E-state index in [4.69, 9.17) is 14.2 Å². The fourth-order valence-electron chi connectivity index (χ4n) is 1.73. The average Bonchev–Trinajstić information content (AvgIpc) is 2.53. The Kier molecular flexibility index (Phi) is 5.38. The van der Waals surface area contributed by atoms with Crippen molar-refractivity contribution in [1.29, 1.82) is 0 Å². The number of nitrogens with zero attached hydrogens (tertiary/aromatic N) is 1. The lowest BCUT2D eigenvalue weighted by molar-refractivity contribution is 0.0600. The Morgan fingerprint density at radius 2 is 2.14 bits per heavy atom. The third kappa shape index (κ3) is 3.84. The molecule has 0 aliphatic heterocycles. The lowest BCUT2D eigenvalue weighted by Crippen LogP contribution is -2.05. The van der Waals surface area contributed by atoms with Crippen LogP contribution in [0.4, 0.5) is 0 Å². The van der Waals surface area contributed by atoms with Gasteiger partial charge in [-0.05, 0) is 40.8 Å². The molecule has 5 nitrogen and oxygen atoms in total. The van der Waals surface area contributed by atoms with Crippen LogP contribution in [-0.4, -0.2) is 25.2 Å². The van der Waals surface area contributed by atoms with E-state index in [2.05, 4.69) is 27.6 Å². The van der Waals surface area contributed by atoms with E-state index >= 15 is 0 Å². The van der Waals surface area contributed by atoms with E-state index in [-0.39, 0.29) is 0 Å². The lowest BCUT2D eigenvalue weighted by Gasteiger charge is -2.13. The van der Waals surface area contributed by atoms with Crippen molar-refractivity contribution < 1.29 is 19.0 Å². The second-order valence-electron chi connectivity index (χ2n) is 4.13. The minimum atomic E-state index is -0.412. The van der Waals surface area contributed by atoms with Crippen molar-refractivity contribution in [2.75, 3.05) is 14.2 Å². The first kappa shape index (κ1) is 15.6. The number of rotatable bonds is 5. The number of benzene rings is 1. The number of carbonyl (C=O) groups is 1.